The van der Waals surface area contributed by atoms with Gasteiger partial charge in [-0.25, -0.2) is 9.79 Å². The van der Waals surface area contributed by atoms with Gasteiger partial charge in [0.05, 0.1) is 0 Å². The summed E-state index contributed by atoms with van der Waals surface area (Å²) in [7, 11) is 0. The summed E-state index contributed by atoms with van der Waals surface area (Å²) in [5, 5.41) is 6.43. The molecule has 8 nitrogen and oxygen atoms in total. The zero-order chi connectivity index (χ0) is 20.7. The summed E-state index contributed by atoms with van der Waals surface area (Å²) >= 11 is 0. The summed E-state index contributed by atoms with van der Waals surface area (Å²) in [6.07, 6.45) is 1.49. The lowest BCUT2D eigenvalue weighted by atomic mass is 10.1. The van der Waals surface area contributed by atoms with E-state index in [2.05, 4.69) is 15.6 Å². The Hall–Kier alpha value is -1.26. The Morgan fingerprint density at radius 1 is 1.11 bits per heavy atom. The van der Waals surface area contributed by atoms with Gasteiger partial charge in [0.2, 0.25) is 0 Å². The second-order valence-electron chi connectivity index (χ2n) is 8.69. The molecule has 1 unspecified atom stereocenters. The van der Waals surface area contributed by atoms with Gasteiger partial charge in [-0.3, -0.25) is 4.79 Å². The van der Waals surface area contributed by atoms with E-state index in [9.17, 15) is 9.59 Å². The number of hydrogen-bond donors (Lipinski definition) is 2. The zero-order valence-electron chi connectivity index (χ0n) is 18.3. The zero-order valence-corrected chi connectivity index (χ0v) is 20.6. The molecule has 0 aromatic heterocycles. The van der Waals surface area contributed by atoms with Crippen LogP contribution in [0, 0.1) is 0 Å². The van der Waals surface area contributed by atoms with E-state index in [1.807, 2.05) is 48.5 Å². The van der Waals surface area contributed by atoms with Crippen LogP contribution in [0.5, 0.6) is 0 Å². The molecule has 9 heteroatoms. The average Bonchev–Trinajstić information content (AvgIpc) is 2.50. The highest BCUT2D eigenvalue weighted by atomic mass is 127. The number of piperidine rings is 1. The first-order valence-corrected chi connectivity index (χ1v) is 9.64. The molecule has 1 heterocycles. The molecule has 1 aliphatic rings. The fourth-order valence-corrected chi connectivity index (χ4v) is 2.62. The molecule has 1 fully saturated rings. The van der Waals surface area contributed by atoms with Crippen LogP contribution in [-0.2, 0) is 14.3 Å². The number of nitrogens with one attached hydrogen (secondary N) is 2. The lowest BCUT2D eigenvalue weighted by molar-refractivity contribution is -0.152. The molecule has 164 valence electrons. The highest BCUT2D eigenvalue weighted by Gasteiger charge is 2.28. The number of aliphatic imine (C=N–C) groups is 1. The maximum atomic E-state index is 12.3. The van der Waals surface area contributed by atoms with Gasteiger partial charge < -0.3 is 25.0 Å². The normalized spacial score (nSPS) is 18.0. The van der Waals surface area contributed by atoms with Crippen LogP contribution in [0.4, 0.5) is 4.79 Å². The number of hydrogen-bond acceptors (Lipinski definition) is 5. The van der Waals surface area contributed by atoms with E-state index in [1.165, 1.54) is 0 Å². The third kappa shape index (κ3) is 11.6. The highest BCUT2D eigenvalue weighted by Crippen LogP contribution is 2.15. The Labute approximate surface area is 186 Å². The van der Waals surface area contributed by atoms with E-state index >= 15 is 0 Å². The van der Waals surface area contributed by atoms with Crippen LogP contribution in [0.1, 0.15) is 61.3 Å². The number of carbonyl (C=O) groups excluding carboxylic acids is 2. The lowest BCUT2D eigenvalue weighted by Crippen LogP contribution is -2.53. The molecule has 0 aromatic carbocycles. The number of nitrogens with zero attached hydrogens (tertiary/aromatic N) is 2. The van der Waals surface area contributed by atoms with Crippen LogP contribution in [-0.4, -0.2) is 66.3 Å². The fraction of sp³-hybridized carbons (Fsp3) is 0.842. The van der Waals surface area contributed by atoms with Gasteiger partial charge in [-0.1, -0.05) is 0 Å². The molecule has 0 aromatic rings. The van der Waals surface area contributed by atoms with Crippen molar-refractivity contribution < 1.29 is 19.1 Å². The van der Waals surface area contributed by atoms with Gasteiger partial charge in [-0.05, 0) is 61.3 Å². The molecule has 1 saturated heterocycles. The van der Waals surface area contributed by atoms with Crippen LogP contribution in [0.15, 0.2) is 4.99 Å². The van der Waals surface area contributed by atoms with Crippen molar-refractivity contribution in [2.24, 2.45) is 4.99 Å². The fourth-order valence-electron chi connectivity index (χ4n) is 2.62. The smallest absolute Gasteiger partial charge is 0.410 e. The van der Waals surface area contributed by atoms with Crippen molar-refractivity contribution >= 4 is 42.0 Å². The number of amides is 1. The van der Waals surface area contributed by atoms with Crippen molar-refractivity contribution in [3.8, 4) is 0 Å². The minimum Gasteiger partial charge on any atom is -0.459 e. The predicted molar refractivity (Wildman–Crippen MR) is 121 cm³/mol. The van der Waals surface area contributed by atoms with Gasteiger partial charge in [0, 0.05) is 25.7 Å². The van der Waals surface area contributed by atoms with Crippen molar-refractivity contribution in [3.63, 3.8) is 0 Å². The first-order valence-electron chi connectivity index (χ1n) is 9.64. The largest absolute Gasteiger partial charge is 0.459 e. The molecule has 0 spiro atoms. The van der Waals surface area contributed by atoms with Gasteiger partial charge in [0.1, 0.15) is 17.7 Å². The van der Waals surface area contributed by atoms with Crippen molar-refractivity contribution in [3.05, 3.63) is 0 Å². The summed E-state index contributed by atoms with van der Waals surface area (Å²) < 4.78 is 10.7. The Kier molecular flexibility index (Phi) is 11.1. The number of guanidine groups is 1. The number of likely N-dealkylation sites (tertiary alicyclic amines) is 1. The lowest BCUT2D eigenvalue weighted by Gasteiger charge is -2.35. The van der Waals surface area contributed by atoms with Crippen LogP contribution in [0.3, 0.4) is 0 Å². The quantitative estimate of drug-likeness (QED) is 0.261. The first-order chi connectivity index (χ1) is 12.4. The maximum absolute atomic E-state index is 12.3. The summed E-state index contributed by atoms with van der Waals surface area (Å²) in [6, 6.07) is 0.0442. The van der Waals surface area contributed by atoms with E-state index < -0.39 is 11.2 Å². The minimum absolute atomic E-state index is 0. The topological polar surface area (TPSA) is 92.3 Å². The van der Waals surface area contributed by atoms with E-state index in [4.69, 9.17) is 9.47 Å². The molecule has 1 atom stereocenters. The molecule has 1 rings (SSSR count). The monoisotopic (exact) mass is 512 g/mol. The third-order valence-corrected chi connectivity index (χ3v) is 3.54. The maximum Gasteiger partial charge on any atom is 0.410 e. The van der Waals surface area contributed by atoms with Crippen molar-refractivity contribution in [1.82, 2.24) is 15.5 Å². The SMILES string of the molecule is CCNC(=NCC(=O)OC(C)(C)C)NC1CCCN(C(=O)OC(C)(C)C)C1.I. The second-order valence-corrected chi connectivity index (χ2v) is 8.69. The third-order valence-electron chi connectivity index (χ3n) is 3.54. The number of ether oxygens (including phenoxy) is 2. The second kappa shape index (κ2) is 11.7. The summed E-state index contributed by atoms with van der Waals surface area (Å²) in [6.45, 7) is 14.8. The summed E-state index contributed by atoms with van der Waals surface area (Å²) in [5.74, 6) is 0.165. The molecule has 2 N–H and O–H groups in total. The molecule has 1 amide bonds. The molecule has 0 bridgehead atoms. The molecule has 0 radical (unpaired) electrons. The molecule has 28 heavy (non-hydrogen) atoms. The van der Waals surface area contributed by atoms with Crippen molar-refractivity contribution in [2.75, 3.05) is 26.2 Å². The predicted octanol–water partition coefficient (Wildman–Crippen LogP) is 2.90. The van der Waals surface area contributed by atoms with Crippen LogP contribution in [0.2, 0.25) is 0 Å². The van der Waals surface area contributed by atoms with Crippen molar-refractivity contribution in [2.45, 2.75) is 78.6 Å². The minimum atomic E-state index is -0.532. The number of halogens is 1. The van der Waals surface area contributed by atoms with Crippen molar-refractivity contribution in [1.29, 1.82) is 0 Å². The number of carbonyl (C=O) groups is 2. The van der Waals surface area contributed by atoms with Crippen LogP contribution < -0.4 is 10.6 Å². The van der Waals surface area contributed by atoms with Crippen LogP contribution in [0.25, 0.3) is 0 Å². The molecular formula is C19H37IN4O4. The molecule has 0 aliphatic carbocycles. The van der Waals surface area contributed by atoms with Gasteiger partial charge in [-0.15, -0.1) is 24.0 Å². The first kappa shape index (κ1) is 26.7. The van der Waals surface area contributed by atoms with Gasteiger partial charge >= 0.3 is 12.1 Å². The number of rotatable bonds is 4. The molecular weight excluding hydrogens is 475 g/mol. The molecule has 0 saturated carbocycles. The standard InChI is InChI=1S/C19H36N4O4.HI/c1-8-20-16(21-12-15(24)26-18(2,3)4)22-14-10-9-11-23(13-14)17(25)27-19(5,6)7;/h14H,8-13H2,1-7H3,(H2,20,21,22);1H. The van der Waals surface area contributed by atoms with E-state index in [1.54, 1.807) is 4.90 Å². The summed E-state index contributed by atoms with van der Waals surface area (Å²) in [5.41, 5.74) is -1.04. The number of esters is 1. The highest BCUT2D eigenvalue weighted by molar-refractivity contribution is 14.0. The Balaban J connectivity index is 0.00000729. The van der Waals surface area contributed by atoms with E-state index in [-0.39, 0.29) is 48.6 Å². The molecule has 1 aliphatic heterocycles. The van der Waals surface area contributed by atoms with E-state index in [0.29, 0.717) is 25.6 Å². The Bertz CT molecular complexity index is 541. The van der Waals surface area contributed by atoms with Crippen LogP contribution >= 0.6 is 24.0 Å². The Morgan fingerprint density at radius 3 is 2.25 bits per heavy atom. The van der Waals surface area contributed by atoms with Gasteiger partial charge in [0.15, 0.2) is 5.96 Å². The van der Waals surface area contributed by atoms with Gasteiger partial charge in [0.25, 0.3) is 0 Å². The van der Waals surface area contributed by atoms with Gasteiger partial charge in [-0.2, -0.15) is 0 Å². The van der Waals surface area contributed by atoms with E-state index in [0.717, 1.165) is 12.8 Å². The summed E-state index contributed by atoms with van der Waals surface area (Å²) in [4.78, 5) is 30.2. The average molecular weight is 512 g/mol. The Morgan fingerprint density at radius 2 is 1.71 bits per heavy atom.